The Morgan fingerprint density at radius 1 is 0.950 bits per heavy atom. The zero-order valence-corrected chi connectivity index (χ0v) is 10.3. The third kappa shape index (κ3) is 3.50. The summed E-state index contributed by atoms with van der Waals surface area (Å²) in [6.07, 6.45) is 0. The molecule has 0 unspecified atom stereocenters. The van der Waals surface area contributed by atoms with Crippen molar-refractivity contribution in [2.24, 2.45) is 0 Å². The summed E-state index contributed by atoms with van der Waals surface area (Å²) in [5.74, 6) is -3.02. The van der Waals surface area contributed by atoms with Crippen LogP contribution in [-0.4, -0.2) is 12.5 Å². The van der Waals surface area contributed by atoms with Crippen molar-refractivity contribution in [3.05, 3.63) is 59.9 Å². The summed E-state index contributed by atoms with van der Waals surface area (Å²) in [5.41, 5.74) is 0.317. The molecule has 0 aliphatic heterocycles. The van der Waals surface area contributed by atoms with Crippen LogP contribution in [0, 0.1) is 17.5 Å². The van der Waals surface area contributed by atoms with E-state index >= 15 is 0 Å². The van der Waals surface area contributed by atoms with E-state index in [1.54, 1.807) is 6.07 Å². The maximum atomic E-state index is 13.3. The third-order valence-electron chi connectivity index (χ3n) is 2.52. The number of amides is 1. The normalized spacial score (nSPS) is 10.2. The van der Waals surface area contributed by atoms with E-state index in [2.05, 4.69) is 10.6 Å². The maximum Gasteiger partial charge on any atom is 0.243 e. The Labute approximate surface area is 113 Å². The van der Waals surface area contributed by atoms with Gasteiger partial charge in [-0.05, 0) is 24.3 Å². The van der Waals surface area contributed by atoms with E-state index in [1.807, 2.05) is 0 Å². The summed E-state index contributed by atoms with van der Waals surface area (Å²) < 4.78 is 38.9. The highest BCUT2D eigenvalue weighted by atomic mass is 19.2. The highest BCUT2D eigenvalue weighted by molar-refractivity contribution is 5.93. The van der Waals surface area contributed by atoms with Crippen molar-refractivity contribution in [2.75, 3.05) is 17.2 Å². The monoisotopic (exact) mass is 280 g/mol. The van der Waals surface area contributed by atoms with Gasteiger partial charge in [0.2, 0.25) is 5.91 Å². The number of carbonyl (C=O) groups is 1. The number of hydrogen-bond acceptors (Lipinski definition) is 2. The average Bonchev–Trinajstić information content (AvgIpc) is 2.42. The first-order valence-electron chi connectivity index (χ1n) is 5.79. The van der Waals surface area contributed by atoms with E-state index in [1.165, 1.54) is 24.3 Å². The van der Waals surface area contributed by atoms with Crippen molar-refractivity contribution in [3.63, 3.8) is 0 Å². The van der Waals surface area contributed by atoms with Crippen LogP contribution in [-0.2, 0) is 4.79 Å². The first-order chi connectivity index (χ1) is 9.56. The van der Waals surface area contributed by atoms with Crippen molar-refractivity contribution >= 4 is 17.3 Å². The van der Waals surface area contributed by atoms with Gasteiger partial charge in [0.15, 0.2) is 11.6 Å². The topological polar surface area (TPSA) is 41.1 Å². The molecule has 2 aromatic rings. The molecule has 3 nitrogen and oxygen atoms in total. The lowest BCUT2D eigenvalue weighted by molar-refractivity contribution is -0.114. The SMILES string of the molecule is O=C(CNc1ccccc1F)Nc1ccc(F)c(F)c1. The zero-order valence-electron chi connectivity index (χ0n) is 10.3. The predicted octanol–water partition coefficient (Wildman–Crippen LogP) is 3.15. The molecule has 2 rings (SSSR count). The lowest BCUT2D eigenvalue weighted by Crippen LogP contribution is -2.22. The quantitative estimate of drug-likeness (QED) is 0.903. The Kier molecular flexibility index (Phi) is 4.24. The standard InChI is InChI=1S/C14H11F3N2O/c15-10-6-5-9(7-12(10)17)19-14(20)8-18-13-4-2-1-3-11(13)16/h1-7,18H,8H2,(H,19,20). The van der Waals surface area contributed by atoms with Gasteiger partial charge in [0, 0.05) is 11.8 Å². The number of anilines is 2. The minimum atomic E-state index is -1.05. The molecule has 0 saturated heterocycles. The van der Waals surface area contributed by atoms with Crippen LogP contribution in [0.4, 0.5) is 24.5 Å². The van der Waals surface area contributed by atoms with Gasteiger partial charge in [0.25, 0.3) is 0 Å². The van der Waals surface area contributed by atoms with Gasteiger partial charge in [0.05, 0.1) is 12.2 Å². The Morgan fingerprint density at radius 3 is 2.40 bits per heavy atom. The van der Waals surface area contributed by atoms with E-state index < -0.39 is 23.4 Å². The second kappa shape index (κ2) is 6.10. The number of benzene rings is 2. The van der Waals surface area contributed by atoms with Crippen molar-refractivity contribution in [3.8, 4) is 0 Å². The molecule has 6 heteroatoms. The van der Waals surface area contributed by atoms with Gasteiger partial charge in [0.1, 0.15) is 5.82 Å². The number of para-hydroxylation sites is 1. The molecule has 0 saturated carbocycles. The molecule has 0 fully saturated rings. The van der Waals surface area contributed by atoms with E-state index in [0.29, 0.717) is 0 Å². The zero-order chi connectivity index (χ0) is 14.5. The van der Waals surface area contributed by atoms with Crippen LogP contribution in [0.5, 0.6) is 0 Å². The minimum Gasteiger partial charge on any atom is -0.374 e. The van der Waals surface area contributed by atoms with Crippen molar-refractivity contribution < 1.29 is 18.0 Å². The Balaban J connectivity index is 1.93. The van der Waals surface area contributed by atoms with Gasteiger partial charge in [-0.15, -0.1) is 0 Å². The summed E-state index contributed by atoms with van der Waals surface area (Å²) in [6.45, 7) is -0.195. The number of carbonyl (C=O) groups excluding carboxylic acids is 1. The summed E-state index contributed by atoms with van der Waals surface area (Å²) in [5, 5.41) is 4.97. The Morgan fingerprint density at radius 2 is 1.70 bits per heavy atom. The average molecular weight is 280 g/mol. The molecule has 0 heterocycles. The molecular formula is C14H11F3N2O. The van der Waals surface area contributed by atoms with Crippen molar-refractivity contribution in [1.82, 2.24) is 0 Å². The van der Waals surface area contributed by atoms with Crippen LogP contribution in [0.25, 0.3) is 0 Å². The van der Waals surface area contributed by atoms with Gasteiger partial charge < -0.3 is 10.6 Å². The summed E-state index contributed by atoms with van der Waals surface area (Å²) in [6, 6.07) is 8.92. The third-order valence-corrected chi connectivity index (χ3v) is 2.52. The van der Waals surface area contributed by atoms with Crippen LogP contribution in [0.2, 0.25) is 0 Å². The number of rotatable bonds is 4. The molecule has 2 aromatic carbocycles. The fraction of sp³-hybridized carbons (Fsp3) is 0.0714. The van der Waals surface area contributed by atoms with Gasteiger partial charge in [-0.2, -0.15) is 0 Å². The van der Waals surface area contributed by atoms with Gasteiger partial charge in [-0.1, -0.05) is 12.1 Å². The van der Waals surface area contributed by atoms with Crippen LogP contribution in [0.1, 0.15) is 0 Å². The maximum absolute atomic E-state index is 13.3. The largest absolute Gasteiger partial charge is 0.374 e. The predicted molar refractivity (Wildman–Crippen MR) is 69.9 cm³/mol. The van der Waals surface area contributed by atoms with Gasteiger partial charge >= 0.3 is 0 Å². The second-order valence-corrected chi connectivity index (χ2v) is 4.01. The van der Waals surface area contributed by atoms with E-state index in [9.17, 15) is 18.0 Å². The van der Waals surface area contributed by atoms with Gasteiger partial charge in [-0.3, -0.25) is 4.79 Å². The summed E-state index contributed by atoms with van der Waals surface area (Å²) in [7, 11) is 0. The molecule has 0 atom stereocenters. The lowest BCUT2D eigenvalue weighted by Gasteiger charge is -2.08. The van der Waals surface area contributed by atoms with Crippen molar-refractivity contribution in [2.45, 2.75) is 0 Å². The summed E-state index contributed by atoms with van der Waals surface area (Å²) >= 11 is 0. The fourth-order valence-corrected chi connectivity index (χ4v) is 1.56. The van der Waals surface area contributed by atoms with Crippen LogP contribution < -0.4 is 10.6 Å². The number of hydrogen-bond donors (Lipinski definition) is 2. The van der Waals surface area contributed by atoms with E-state index in [0.717, 1.165) is 12.1 Å². The Bertz CT molecular complexity index is 632. The molecular weight excluding hydrogens is 269 g/mol. The highest BCUT2D eigenvalue weighted by Gasteiger charge is 2.07. The lowest BCUT2D eigenvalue weighted by atomic mass is 10.3. The van der Waals surface area contributed by atoms with Crippen LogP contribution in [0.3, 0.4) is 0 Å². The van der Waals surface area contributed by atoms with Crippen molar-refractivity contribution in [1.29, 1.82) is 0 Å². The first-order valence-corrected chi connectivity index (χ1v) is 5.79. The molecule has 0 aromatic heterocycles. The van der Waals surface area contributed by atoms with E-state index in [4.69, 9.17) is 0 Å². The van der Waals surface area contributed by atoms with Gasteiger partial charge in [-0.25, -0.2) is 13.2 Å². The molecule has 1 amide bonds. The molecule has 2 N–H and O–H groups in total. The first kappa shape index (κ1) is 13.9. The Hall–Kier alpha value is -2.50. The molecule has 0 spiro atoms. The van der Waals surface area contributed by atoms with Crippen LogP contribution in [0.15, 0.2) is 42.5 Å². The molecule has 20 heavy (non-hydrogen) atoms. The number of nitrogens with one attached hydrogen (secondary N) is 2. The highest BCUT2D eigenvalue weighted by Crippen LogP contribution is 2.14. The minimum absolute atomic E-state index is 0.129. The fourth-order valence-electron chi connectivity index (χ4n) is 1.56. The molecule has 0 radical (unpaired) electrons. The van der Waals surface area contributed by atoms with Crippen LogP contribution >= 0.6 is 0 Å². The second-order valence-electron chi connectivity index (χ2n) is 4.01. The molecule has 0 aliphatic rings. The molecule has 104 valence electrons. The molecule has 0 bridgehead atoms. The molecule has 0 aliphatic carbocycles. The summed E-state index contributed by atoms with van der Waals surface area (Å²) in [4.78, 5) is 11.6. The van der Waals surface area contributed by atoms with E-state index in [-0.39, 0.29) is 17.9 Å². The smallest absolute Gasteiger partial charge is 0.243 e. The number of halogens is 3.